The van der Waals surface area contributed by atoms with E-state index in [9.17, 15) is 9.90 Å². The maximum atomic E-state index is 11.7. The number of aromatic nitrogens is 1. The number of nitrogens with one attached hydrogen (secondary N) is 1. The number of unbranched alkanes of at least 4 members (excludes halogenated alkanes) is 1. The number of aromatic hydroxyl groups is 1. The summed E-state index contributed by atoms with van der Waals surface area (Å²) in [4.78, 5) is 14.3. The standard InChI is InChI=1S/C25H34N2O3S/c1-25(2,13-6-7-14-30-15-12-18-8-4-3-5-9-18)17-20(26)16-19-10-11-21(28)22-23(19)31-24(29)27-22/h3-5,8-11,20,28H,6-7,12-17,26H2,1-2H3,(H,27,29). The van der Waals surface area contributed by atoms with Crippen LogP contribution in [0.1, 0.15) is 50.7 Å². The molecule has 1 heterocycles. The van der Waals surface area contributed by atoms with Crippen molar-refractivity contribution in [3.05, 3.63) is 63.3 Å². The Labute approximate surface area is 188 Å². The molecule has 0 saturated carbocycles. The smallest absolute Gasteiger partial charge is 0.305 e. The van der Waals surface area contributed by atoms with Crippen molar-refractivity contribution in [1.29, 1.82) is 0 Å². The average molecular weight is 443 g/mol. The minimum absolute atomic E-state index is 0.00191. The van der Waals surface area contributed by atoms with Gasteiger partial charge in [-0.25, -0.2) is 0 Å². The third-order valence-electron chi connectivity index (χ3n) is 5.71. The normalized spacial score (nSPS) is 13.0. The van der Waals surface area contributed by atoms with E-state index in [0.717, 1.165) is 66.9 Å². The lowest BCUT2D eigenvalue weighted by Crippen LogP contribution is -2.30. The second-order valence-corrected chi connectivity index (χ2v) is 10.1. The van der Waals surface area contributed by atoms with Crippen LogP contribution >= 0.6 is 11.3 Å². The quantitative estimate of drug-likeness (QED) is 0.344. The molecule has 3 rings (SSSR count). The highest BCUT2D eigenvalue weighted by Crippen LogP contribution is 2.32. The first kappa shape index (κ1) is 23.5. The van der Waals surface area contributed by atoms with Gasteiger partial charge in [0.25, 0.3) is 0 Å². The molecule has 0 fully saturated rings. The van der Waals surface area contributed by atoms with Crippen LogP contribution in [0.4, 0.5) is 0 Å². The van der Waals surface area contributed by atoms with Crippen LogP contribution in [0.2, 0.25) is 0 Å². The Morgan fingerprint density at radius 2 is 1.90 bits per heavy atom. The number of aromatic amines is 1. The van der Waals surface area contributed by atoms with Crippen molar-refractivity contribution >= 4 is 21.6 Å². The van der Waals surface area contributed by atoms with Crippen molar-refractivity contribution in [2.24, 2.45) is 11.1 Å². The number of rotatable bonds is 12. The van der Waals surface area contributed by atoms with Gasteiger partial charge in [0.1, 0.15) is 11.3 Å². The lowest BCUT2D eigenvalue weighted by atomic mass is 9.80. The Morgan fingerprint density at radius 3 is 2.68 bits per heavy atom. The molecule has 1 unspecified atom stereocenters. The molecule has 0 aliphatic heterocycles. The number of phenolic OH excluding ortho intramolecular Hbond substituents is 1. The van der Waals surface area contributed by atoms with Crippen LogP contribution in [-0.2, 0) is 17.6 Å². The number of benzene rings is 2. The molecule has 1 aromatic heterocycles. The summed E-state index contributed by atoms with van der Waals surface area (Å²) in [5.41, 5.74) is 9.48. The number of hydrogen-bond donors (Lipinski definition) is 3. The molecule has 0 amide bonds. The van der Waals surface area contributed by atoms with Crippen molar-refractivity contribution in [2.45, 2.75) is 58.4 Å². The highest BCUT2D eigenvalue weighted by atomic mass is 32.1. The predicted molar refractivity (Wildman–Crippen MR) is 129 cm³/mol. The maximum Gasteiger partial charge on any atom is 0.305 e. The van der Waals surface area contributed by atoms with Gasteiger partial charge in [0, 0.05) is 12.6 Å². The zero-order chi connectivity index (χ0) is 22.3. The fourth-order valence-corrected chi connectivity index (χ4v) is 5.02. The van der Waals surface area contributed by atoms with Crippen molar-refractivity contribution in [2.75, 3.05) is 13.2 Å². The molecule has 3 aromatic rings. The van der Waals surface area contributed by atoms with Crippen molar-refractivity contribution in [3.63, 3.8) is 0 Å². The van der Waals surface area contributed by atoms with Gasteiger partial charge in [-0.2, -0.15) is 0 Å². The van der Waals surface area contributed by atoms with Crippen LogP contribution in [0.25, 0.3) is 10.2 Å². The molecule has 4 N–H and O–H groups in total. The van der Waals surface area contributed by atoms with Gasteiger partial charge in [-0.1, -0.05) is 68.0 Å². The molecule has 0 aliphatic carbocycles. The molecular formula is C25H34N2O3S. The maximum absolute atomic E-state index is 11.7. The van der Waals surface area contributed by atoms with Gasteiger partial charge in [-0.3, -0.25) is 4.79 Å². The number of fused-ring (bicyclic) bond motifs is 1. The SMILES string of the molecule is CC(C)(CCCCOCCc1ccccc1)CC(N)Cc1ccc(O)c2[nH]c(=O)sc12. The second-order valence-electron chi connectivity index (χ2n) is 9.10. The van der Waals surface area contributed by atoms with E-state index in [2.05, 4.69) is 43.1 Å². The first-order chi connectivity index (χ1) is 14.8. The van der Waals surface area contributed by atoms with E-state index in [0.29, 0.717) is 11.9 Å². The largest absolute Gasteiger partial charge is 0.506 e. The molecule has 2 aromatic carbocycles. The lowest BCUT2D eigenvalue weighted by molar-refractivity contribution is 0.129. The summed E-state index contributed by atoms with van der Waals surface area (Å²) in [7, 11) is 0. The molecule has 168 valence electrons. The molecule has 0 aliphatic rings. The molecule has 0 bridgehead atoms. The summed E-state index contributed by atoms with van der Waals surface area (Å²) < 4.78 is 6.60. The number of ether oxygens (including phenoxy) is 1. The fraction of sp³-hybridized carbons (Fsp3) is 0.480. The van der Waals surface area contributed by atoms with Gasteiger partial charge in [-0.05, 0) is 54.7 Å². The van der Waals surface area contributed by atoms with Crippen LogP contribution in [0.5, 0.6) is 5.75 Å². The Hall–Kier alpha value is -2.15. The Kier molecular flexibility index (Phi) is 8.29. The number of phenols is 1. The monoisotopic (exact) mass is 442 g/mol. The minimum atomic E-state index is -0.155. The highest BCUT2D eigenvalue weighted by molar-refractivity contribution is 7.16. The van der Waals surface area contributed by atoms with E-state index in [1.165, 1.54) is 5.56 Å². The summed E-state index contributed by atoms with van der Waals surface area (Å²) in [5, 5.41) is 9.96. The number of H-pyrrole nitrogens is 1. The summed E-state index contributed by atoms with van der Waals surface area (Å²) in [5.74, 6) is 0.108. The lowest BCUT2D eigenvalue weighted by Gasteiger charge is -2.28. The van der Waals surface area contributed by atoms with E-state index in [-0.39, 0.29) is 22.1 Å². The van der Waals surface area contributed by atoms with Gasteiger partial charge >= 0.3 is 4.87 Å². The van der Waals surface area contributed by atoms with Crippen molar-refractivity contribution < 1.29 is 9.84 Å². The van der Waals surface area contributed by atoms with E-state index >= 15 is 0 Å². The van der Waals surface area contributed by atoms with E-state index < -0.39 is 0 Å². The summed E-state index contributed by atoms with van der Waals surface area (Å²) in [6, 6.07) is 13.9. The predicted octanol–water partition coefficient (Wildman–Crippen LogP) is 5.01. The Balaban J connectivity index is 1.38. The zero-order valence-corrected chi connectivity index (χ0v) is 19.3. The summed E-state index contributed by atoms with van der Waals surface area (Å²) in [6.45, 7) is 6.10. The first-order valence-electron chi connectivity index (χ1n) is 11.0. The zero-order valence-electron chi connectivity index (χ0n) is 18.5. The molecular weight excluding hydrogens is 408 g/mol. The van der Waals surface area contributed by atoms with Crippen LogP contribution in [0.15, 0.2) is 47.3 Å². The fourth-order valence-electron chi connectivity index (χ4n) is 4.14. The van der Waals surface area contributed by atoms with Gasteiger partial charge in [0.15, 0.2) is 0 Å². The van der Waals surface area contributed by atoms with Gasteiger partial charge in [0.05, 0.1) is 11.3 Å². The number of hydrogen-bond acceptors (Lipinski definition) is 5. The molecule has 0 spiro atoms. The van der Waals surface area contributed by atoms with Crippen molar-refractivity contribution in [3.8, 4) is 5.75 Å². The highest BCUT2D eigenvalue weighted by Gasteiger charge is 2.22. The Morgan fingerprint density at radius 1 is 1.13 bits per heavy atom. The van der Waals surface area contributed by atoms with Gasteiger partial charge in [0.2, 0.25) is 0 Å². The molecule has 31 heavy (non-hydrogen) atoms. The molecule has 5 nitrogen and oxygen atoms in total. The second kappa shape index (κ2) is 10.9. The van der Waals surface area contributed by atoms with Crippen LogP contribution in [0, 0.1) is 5.41 Å². The first-order valence-corrected chi connectivity index (χ1v) is 11.9. The Bertz CT molecular complexity index is 1010. The third-order valence-corrected chi connectivity index (χ3v) is 6.66. The molecule has 1 atom stereocenters. The van der Waals surface area contributed by atoms with E-state index in [4.69, 9.17) is 10.5 Å². The number of thiazole rings is 1. The minimum Gasteiger partial charge on any atom is -0.506 e. The van der Waals surface area contributed by atoms with Crippen LogP contribution < -0.4 is 10.6 Å². The van der Waals surface area contributed by atoms with Gasteiger partial charge in [-0.15, -0.1) is 0 Å². The van der Waals surface area contributed by atoms with Gasteiger partial charge < -0.3 is 20.6 Å². The molecule has 0 radical (unpaired) electrons. The topological polar surface area (TPSA) is 88.3 Å². The average Bonchev–Trinajstić information content (AvgIpc) is 3.12. The van der Waals surface area contributed by atoms with Crippen molar-refractivity contribution in [1.82, 2.24) is 4.98 Å². The van der Waals surface area contributed by atoms with Crippen LogP contribution in [-0.4, -0.2) is 29.3 Å². The summed E-state index contributed by atoms with van der Waals surface area (Å²) >= 11 is 1.13. The van der Waals surface area contributed by atoms with E-state index in [1.54, 1.807) is 6.07 Å². The summed E-state index contributed by atoms with van der Waals surface area (Å²) in [6.07, 6.45) is 5.84. The van der Waals surface area contributed by atoms with E-state index in [1.807, 2.05) is 12.1 Å². The third kappa shape index (κ3) is 7.20. The van der Waals surface area contributed by atoms with Crippen LogP contribution in [0.3, 0.4) is 0 Å². The number of nitrogens with two attached hydrogens (primary N) is 1. The molecule has 6 heteroatoms. The molecule has 0 saturated heterocycles.